The Labute approximate surface area is 426 Å². The lowest BCUT2D eigenvalue weighted by Crippen LogP contribution is -2.30. The molecule has 69 heavy (non-hydrogen) atoms. The number of unbranched alkanes of at least 4 members (excludes halogenated alkanes) is 27. The number of hydrogen-bond donors (Lipinski definition) is 0. The highest BCUT2D eigenvalue weighted by Gasteiger charge is 2.19. The fraction of sp³-hybridized carbons (Fsp3) is 0.730. The lowest BCUT2D eigenvalue weighted by Gasteiger charge is -2.18. The van der Waals surface area contributed by atoms with Gasteiger partial charge in [-0.05, 0) is 109 Å². The number of carbonyl (C=O) groups is 3. The SMILES string of the molecule is CC/C=C\C/C=C\C/C=C\C/C=C\CCCCCCC(=O)OC(COC(=O)CCCCCCC/C=C\CCCC)COC(=O)CCCCCCCCCCCCC/C=C\C/C=C\CCCCCCC. The minimum atomic E-state index is -0.794. The molecule has 0 aromatic heterocycles. The summed E-state index contributed by atoms with van der Waals surface area (Å²) in [6, 6.07) is 0. The summed E-state index contributed by atoms with van der Waals surface area (Å²) in [5, 5.41) is 0. The maximum absolute atomic E-state index is 12.8. The van der Waals surface area contributed by atoms with Gasteiger partial charge in [0.05, 0.1) is 0 Å². The summed E-state index contributed by atoms with van der Waals surface area (Å²) in [6.07, 6.45) is 74.4. The van der Waals surface area contributed by atoms with Crippen molar-refractivity contribution in [1.82, 2.24) is 0 Å². The van der Waals surface area contributed by atoms with Crippen LogP contribution in [0.1, 0.15) is 278 Å². The minimum Gasteiger partial charge on any atom is -0.462 e. The normalized spacial score (nSPS) is 12.7. The first kappa shape index (κ1) is 65.6. The number of hydrogen-bond acceptors (Lipinski definition) is 6. The van der Waals surface area contributed by atoms with E-state index in [9.17, 15) is 14.4 Å². The van der Waals surface area contributed by atoms with Crippen LogP contribution in [0.2, 0.25) is 0 Å². The smallest absolute Gasteiger partial charge is 0.306 e. The largest absolute Gasteiger partial charge is 0.462 e. The molecule has 0 spiro atoms. The summed E-state index contributed by atoms with van der Waals surface area (Å²) in [5.41, 5.74) is 0. The van der Waals surface area contributed by atoms with Gasteiger partial charge in [-0.2, -0.15) is 0 Å². The fourth-order valence-electron chi connectivity index (χ4n) is 7.97. The van der Waals surface area contributed by atoms with E-state index in [4.69, 9.17) is 14.2 Å². The van der Waals surface area contributed by atoms with Crippen LogP contribution in [-0.4, -0.2) is 37.2 Å². The predicted molar refractivity (Wildman–Crippen MR) is 297 cm³/mol. The van der Waals surface area contributed by atoms with Crippen LogP contribution in [0.4, 0.5) is 0 Å². The number of rotatable bonds is 52. The highest BCUT2D eigenvalue weighted by atomic mass is 16.6. The maximum atomic E-state index is 12.8. The van der Waals surface area contributed by atoms with E-state index in [-0.39, 0.29) is 31.1 Å². The Morgan fingerprint density at radius 2 is 0.580 bits per heavy atom. The molecule has 1 atom stereocenters. The first-order chi connectivity index (χ1) is 34.0. The second-order valence-corrected chi connectivity index (χ2v) is 19.2. The second-order valence-electron chi connectivity index (χ2n) is 19.2. The molecule has 6 nitrogen and oxygen atoms in total. The van der Waals surface area contributed by atoms with E-state index in [0.717, 1.165) is 109 Å². The Hall–Kier alpha value is -3.41. The molecule has 0 amide bonds. The van der Waals surface area contributed by atoms with Crippen molar-refractivity contribution >= 4 is 17.9 Å². The van der Waals surface area contributed by atoms with E-state index in [0.29, 0.717) is 19.3 Å². The molecule has 0 fully saturated rings. The summed E-state index contributed by atoms with van der Waals surface area (Å²) < 4.78 is 16.8. The molecule has 0 aliphatic heterocycles. The van der Waals surface area contributed by atoms with Gasteiger partial charge in [0.1, 0.15) is 13.2 Å². The van der Waals surface area contributed by atoms with Crippen molar-refractivity contribution in [3.63, 3.8) is 0 Å². The molecule has 0 aliphatic rings. The fourth-order valence-corrected chi connectivity index (χ4v) is 7.97. The van der Waals surface area contributed by atoms with Gasteiger partial charge in [-0.1, -0.05) is 234 Å². The molecule has 0 heterocycles. The summed E-state index contributed by atoms with van der Waals surface area (Å²) in [5.74, 6) is -0.921. The van der Waals surface area contributed by atoms with Crippen LogP contribution in [-0.2, 0) is 28.6 Å². The molecule has 396 valence electrons. The van der Waals surface area contributed by atoms with Gasteiger partial charge in [0.25, 0.3) is 0 Å². The summed E-state index contributed by atoms with van der Waals surface area (Å²) in [7, 11) is 0. The molecule has 0 aromatic carbocycles. The van der Waals surface area contributed by atoms with Crippen molar-refractivity contribution in [2.45, 2.75) is 284 Å². The van der Waals surface area contributed by atoms with Crippen LogP contribution in [0, 0.1) is 0 Å². The molecule has 0 aromatic rings. The van der Waals surface area contributed by atoms with Crippen LogP contribution < -0.4 is 0 Å². The van der Waals surface area contributed by atoms with Gasteiger partial charge >= 0.3 is 17.9 Å². The van der Waals surface area contributed by atoms with Gasteiger partial charge in [0, 0.05) is 19.3 Å². The van der Waals surface area contributed by atoms with Gasteiger partial charge in [0.2, 0.25) is 0 Å². The molecule has 0 radical (unpaired) electrons. The van der Waals surface area contributed by atoms with Gasteiger partial charge in [-0.25, -0.2) is 0 Å². The summed E-state index contributed by atoms with van der Waals surface area (Å²) >= 11 is 0. The lowest BCUT2D eigenvalue weighted by atomic mass is 10.0. The molecule has 1 unspecified atom stereocenters. The van der Waals surface area contributed by atoms with Crippen molar-refractivity contribution in [1.29, 1.82) is 0 Å². The lowest BCUT2D eigenvalue weighted by molar-refractivity contribution is -0.167. The van der Waals surface area contributed by atoms with Gasteiger partial charge in [-0.15, -0.1) is 0 Å². The van der Waals surface area contributed by atoms with Crippen LogP contribution in [0.25, 0.3) is 0 Å². The molecular weight excluding hydrogens is 853 g/mol. The van der Waals surface area contributed by atoms with Crippen LogP contribution >= 0.6 is 0 Å². The predicted octanol–water partition coefficient (Wildman–Crippen LogP) is 19.5. The van der Waals surface area contributed by atoms with Gasteiger partial charge < -0.3 is 14.2 Å². The average Bonchev–Trinajstić information content (AvgIpc) is 3.35. The Morgan fingerprint density at radius 1 is 0.304 bits per heavy atom. The molecule has 0 saturated carbocycles. The number of carbonyl (C=O) groups excluding carboxylic acids is 3. The zero-order chi connectivity index (χ0) is 50.0. The van der Waals surface area contributed by atoms with Crippen molar-refractivity contribution in [2.75, 3.05) is 13.2 Å². The first-order valence-corrected chi connectivity index (χ1v) is 29.1. The van der Waals surface area contributed by atoms with Crippen molar-refractivity contribution < 1.29 is 28.6 Å². The Kier molecular flexibility index (Phi) is 54.3. The second kappa shape index (κ2) is 57.2. The van der Waals surface area contributed by atoms with Gasteiger partial charge in [-0.3, -0.25) is 14.4 Å². The van der Waals surface area contributed by atoms with Crippen LogP contribution in [0.5, 0.6) is 0 Å². The zero-order valence-corrected chi connectivity index (χ0v) is 45.3. The van der Waals surface area contributed by atoms with Crippen molar-refractivity contribution in [3.8, 4) is 0 Å². The summed E-state index contributed by atoms with van der Waals surface area (Å²) in [6.45, 7) is 6.46. The van der Waals surface area contributed by atoms with Crippen molar-refractivity contribution in [3.05, 3.63) is 85.1 Å². The molecule has 0 aliphatic carbocycles. The third kappa shape index (κ3) is 55.4. The Bertz CT molecular complexity index is 1330. The molecule has 6 heteroatoms. The van der Waals surface area contributed by atoms with E-state index in [1.165, 1.54) is 128 Å². The molecule has 0 N–H and O–H groups in total. The van der Waals surface area contributed by atoms with E-state index < -0.39 is 6.10 Å². The standard InChI is InChI=1S/C63H108O6/c1-4-7-10-13-16-19-22-24-26-28-29-30-31-32-33-35-36-38-41-44-47-50-53-56-62(65)68-59-60(58-67-61(64)55-52-49-46-43-40-21-18-15-12-9-6-3)69-63(66)57-54-51-48-45-42-39-37-34-27-25-23-20-17-14-11-8-5-2/h8,11,15,17-18,20,22,24-25,27-29,37,39,60H,4-7,9-10,12-14,16,19,21,23,26,30-36,38,40-59H2,1-3H3/b11-8-,18-15-,20-17-,24-22-,27-25-,29-28-,39-37-. The Balaban J connectivity index is 4.33. The van der Waals surface area contributed by atoms with E-state index in [1.807, 2.05) is 0 Å². The van der Waals surface area contributed by atoms with Gasteiger partial charge in [0.15, 0.2) is 6.10 Å². The summed E-state index contributed by atoms with van der Waals surface area (Å²) in [4.78, 5) is 38.1. The molecule has 0 bridgehead atoms. The van der Waals surface area contributed by atoms with E-state index >= 15 is 0 Å². The molecule has 0 saturated heterocycles. The topological polar surface area (TPSA) is 78.9 Å². The average molecular weight is 962 g/mol. The van der Waals surface area contributed by atoms with E-state index in [2.05, 4.69) is 106 Å². The monoisotopic (exact) mass is 961 g/mol. The number of allylic oxidation sites excluding steroid dienone is 14. The highest BCUT2D eigenvalue weighted by Crippen LogP contribution is 2.15. The quantitative estimate of drug-likeness (QED) is 0.0262. The Morgan fingerprint density at radius 3 is 0.942 bits per heavy atom. The van der Waals surface area contributed by atoms with Crippen LogP contribution in [0.15, 0.2) is 85.1 Å². The number of esters is 3. The number of ether oxygens (including phenoxy) is 3. The third-order valence-electron chi connectivity index (χ3n) is 12.4. The molecular formula is C63H108O6. The molecule has 0 rings (SSSR count). The van der Waals surface area contributed by atoms with Crippen LogP contribution in [0.3, 0.4) is 0 Å². The first-order valence-electron chi connectivity index (χ1n) is 29.1. The van der Waals surface area contributed by atoms with E-state index in [1.54, 1.807) is 0 Å². The third-order valence-corrected chi connectivity index (χ3v) is 12.4. The zero-order valence-electron chi connectivity index (χ0n) is 45.3. The highest BCUT2D eigenvalue weighted by molar-refractivity contribution is 5.71. The maximum Gasteiger partial charge on any atom is 0.306 e. The minimum absolute atomic E-state index is 0.0900. The van der Waals surface area contributed by atoms with Crippen molar-refractivity contribution in [2.24, 2.45) is 0 Å².